The van der Waals surface area contributed by atoms with Crippen molar-refractivity contribution in [2.45, 2.75) is 0 Å². The molecule has 3 aromatic carbocycles. The van der Waals surface area contributed by atoms with E-state index in [9.17, 15) is 19.7 Å². The van der Waals surface area contributed by atoms with E-state index in [0.717, 1.165) is 0 Å². The third-order valence-electron chi connectivity index (χ3n) is 5.42. The highest BCUT2D eigenvalue weighted by Crippen LogP contribution is 2.28. The van der Waals surface area contributed by atoms with Gasteiger partial charge in [-0.3, -0.25) is 14.9 Å². The molecule has 1 aliphatic heterocycles. The molecule has 0 saturated carbocycles. The minimum atomic E-state index is -0.391. The van der Waals surface area contributed by atoms with Crippen LogP contribution in [0.1, 0.15) is 10.4 Å². The molecular weight excluding hydrogens is 422 g/mol. The number of urea groups is 1. The fraction of sp³-hybridized carbons (Fsp3) is 0.167. The molecule has 0 aromatic heterocycles. The lowest BCUT2D eigenvalue weighted by atomic mass is 10.2. The summed E-state index contributed by atoms with van der Waals surface area (Å²) < 4.78 is 0. The lowest BCUT2D eigenvalue weighted by Crippen LogP contribution is -2.50. The average molecular weight is 445 g/mol. The minimum absolute atomic E-state index is 0.0618. The first-order valence-electron chi connectivity index (χ1n) is 10.5. The van der Waals surface area contributed by atoms with Crippen molar-refractivity contribution in [1.29, 1.82) is 0 Å². The van der Waals surface area contributed by atoms with E-state index in [1.165, 1.54) is 6.07 Å². The molecule has 168 valence electrons. The van der Waals surface area contributed by atoms with Crippen LogP contribution >= 0.6 is 0 Å². The van der Waals surface area contributed by atoms with E-state index in [1.807, 2.05) is 35.2 Å². The molecule has 33 heavy (non-hydrogen) atoms. The van der Waals surface area contributed by atoms with E-state index < -0.39 is 4.92 Å². The number of hydrogen-bond acceptors (Lipinski definition) is 5. The molecule has 0 bridgehead atoms. The standard InChI is InChI=1S/C24H23N5O4/c30-23(25-19-6-2-1-3-7-19)18-10-12-20(13-11-18)26-24(31)28-16-14-27(15-17-28)21-8-4-5-9-22(21)29(32)33/h1-13H,14-17H2,(H,25,30)(H,26,31). The number of carbonyl (C=O) groups is 2. The first-order valence-corrected chi connectivity index (χ1v) is 10.5. The lowest BCUT2D eigenvalue weighted by Gasteiger charge is -2.35. The smallest absolute Gasteiger partial charge is 0.321 e. The SMILES string of the molecule is O=C(Nc1ccccc1)c1ccc(NC(=O)N2CCN(c3ccccc3[N+](=O)[O-])CC2)cc1. The Morgan fingerprint density at radius 1 is 0.758 bits per heavy atom. The van der Waals surface area contributed by atoms with Crippen LogP contribution in [0.2, 0.25) is 0 Å². The van der Waals surface area contributed by atoms with E-state index in [2.05, 4.69) is 10.6 Å². The number of carbonyl (C=O) groups excluding carboxylic acids is 2. The fourth-order valence-electron chi connectivity index (χ4n) is 3.67. The van der Waals surface area contributed by atoms with Gasteiger partial charge in [0.05, 0.1) is 4.92 Å². The molecule has 9 heteroatoms. The predicted octanol–water partition coefficient (Wildman–Crippen LogP) is 4.20. The number of nitro groups is 1. The van der Waals surface area contributed by atoms with Gasteiger partial charge in [-0.1, -0.05) is 30.3 Å². The van der Waals surface area contributed by atoms with E-state index in [1.54, 1.807) is 47.4 Å². The zero-order valence-corrected chi connectivity index (χ0v) is 17.8. The molecule has 0 radical (unpaired) electrons. The quantitative estimate of drug-likeness (QED) is 0.452. The zero-order valence-electron chi connectivity index (χ0n) is 17.8. The fourth-order valence-corrected chi connectivity index (χ4v) is 3.67. The van der Waals surface area contributed by atoms with Crippen LogP contribution < -0.4 is 15.5 Å². The van der Waals surface area contributed by atoms with Crippen molar-refractivity contribution in [3.63, 3.8) is 0 Å². The maximum Gasteiger partial charge on any atom is 0.321 e. The molecule has 0 aliphatic carbocycles. The van der Waals surface area contributed by atoms with Crippen LogP contribution in [0.15, 0.2) is 78.9 Å². The number of piperazine rings is 1. The number of nitrogens with one attached hydrogen (secondary N) is 2. The highest BCUT2D eigenvalue weighted by Gasteiger charge is 2.25. The van der Waals surface area contributed by atoms with Crippen LogP contribution in [-0.2, 0) is 0 Å². The highest BCUT2D eigenvalue weighted by atomic mass is 16.6. The number of hydrogen-bond donors (Lipinski definition) is 2. The zero-order chi connectivity index (χ0) is 23.2. The second kappa shape index (κ2) is 9.82. The molecule has 0 spiro atoms. The van der Waals surface area contributed by atoms with Gasteiger partial charge in [0.15, 0.2) is 0 Å². The molecule has 1 aliphatic rings. The van der Waals surface area contributed by atoms with Crippen molar-refractivity contribution in [3.05, 3.63) is 94.5 Å². The number of nitro benzene ring substituents is 1. The number of para-hydroxylation sites is 3. The molecule has 4 rings (SSSR count). The van der Waals surface area contributed by atoms with E-state index in [-0.39, 0.29) is 17.6 Å². The van der Waals surface area contributed by atoms with Crippen molar-refractivity contribution < 1.29 is 14.5 Å². The summed E-state index contributed by atoms with van der Waals surface area (Å²) in [5.74, 6) is -0.231. The summed E-state index contributed by atoms with van der Waals surface area (Å²) in [4.78, 5) is 39.5. The summed E-state index contributed by atoms with van der Waals surface area (Å²) in [5, 5.41) is 16.9. The van der Waals surface area contributed by atoms with Gasteiger partial charge >= 0.3 is 6.03 Å². The van der Waals surface area contributed by atoms with Crippen LogP contribution in [0.25, 0.3) is 0 Å². The second-order valence-corrected chi connectivity index (χ2v) is 7.55. The molecule has 3 amide bonds. The lowest BCUT2D eigenvalue weighted by molar-refractivity contribution is -0.384. The van der Waals surface area contributed by atoms with Gasteiger partial charge in [0.1, 0.15) is 5.69 Å². The summed E-state index contributed by atoms with van der Waals surface area (Å²) in [6.07, 6.45) is 0. The Morgan fingerprint density at radius 2 is 1.36 bits per heavy atom. The minimum Gasteiger partial charge on any atom is -0.362 e. The molecule has 0 unspecified atom stereocenters. The predicted molar refractivity (Wildman–Crippen MR) is 127 cm³/mol. The topological polar surface area (TPSA) is 108 Å². The van der Waals surface area contributed by atoms with Crippen molar-refractivity contribution in [2.24, 2.45) is 0 Å². The summed E-state index contributed by atoms with van der Waals surface area (Å²) >= 11 is 0. The van der Waals surface area contributed by atoms with Gasteiger partial charge in [0.25, 0.3) is 11.6 Å². The second-order valence-electron chi connectivity index (χ2n) is 7.55. The van der Waals surface area contributed by atoms with Gasteiger partial charge in [-0.05, 0) is 42.5 Å². The van der Waals surface area contributed by atoms with Gasteiger partial charge in [-0.2, -0.15) is 0 Å². The van der Waals surface area contributed by atoms with E-state index in [4.69, 9.17) is 0 Å². The van der Waals surface area contributed by atoms with Gasteiger partial charge in [0.2, 0.25) is 0 Å². The summed E-state index contributed by atoms with van der Waals surface area (Å²) in [6.45, 7) is 1.87. The molecule has 9 nitrogen and oxygen atoms in total. The van der Waals surface area contributed by atoms with Crippen LogP contribution in [0.5, 0.6) is 0 Å². The first-order chi connectivity index (χ1) is 16.0. The van der Waals surface area contributed by atoms with E-state index >= 15 is 0 Å². The third-order valence-corrected chi connectivity index (χ3v) is 5.42. The van der Waals surface area contributed by atoms with Crippen LogP contribution in [-0.4, -0.2) is 47.9 Å². The molecule has 0 atom stereocenters. The summed E-state index contributed by atoms with van der Waals surface area (Å²) in [7, 11) is 0. The Balaban J connectivity index is 1.31. The summed E-state index contributed by atoms with van der Waals surface area (Å²) in [5.41, 5.74) is 2.39. The summed E-state index contributed by atoms with van der Waals surface area (Å²) in [6, 6.07) is 22.2. The Labute approximate surface area is 190 Å². The first kappa shape index (κ1) is 21.8. The van der Waals surface area contributed by atoms with Crippen molar-refractivity contribution in [2.75, 3.05) is 41.7 Å². The average Bonchev–Trinajstić information content (AvgIpc) is 2.85. The van der Waals surface area contributed by atoms with Gasteiger partial charge in [-0.25, -0.2) is 4.79 Å². The molecule has 3 aromatic rings. The largest absolute Gasteiger partial charge is 0.362 e. The third kappa shape index (κ3) is 5.27. The molecular formula is C24H23N5O4. The van der Waals surface area contributed by atoms with Crippen LogP contribution in [0.3, 0.4) is 0 Å². The van der Waals surface area contributed by atoms with Gasteiger partial charge in [-0.15, -0.1) is 0 Å². The van der Waals surface area contributed by atoms with Gasteiger partial charge < -0.3 is 20.4 Å². The Morgan fingerprint density at radius 3 is 2.03 bits per heavy atom. The number of rotatable bonds is 5. The number of amides is 3. The maximum absolute atomic E-state index is 12.7. The van der Waals surface area contributed by atoms with Crippen LogP contribution in [0, 0.1) is 10.1 Å². The van der Waals surface area contributed by atoms with Crippen molar-refractivity contribution >= 4 is 34.7 Å². The van der Waals surface area contributed by atoms with Gasteiger partial charge in [0, 0.05) is 49.2 Å². The Bertz CT molecular complexity index is 1140. The van der Waals surface area contributed by atoms with E-state index in [0.29, 0.717) is 48.8 Å². The van der Waals surface area contributed by atoms with Crippen molar-refractivity contribution in [1.82, 2.24) is 4.90 Å². The Hall–Kier alpha value is -4.40. The number of anilines is 3. The molecule has 1 saturated heterocycles. The molecule has 1 fully saturated rings. The normalized spacial score (nSPS) is 13.3. The number of benzene rings is 3. The monoisotopic (exact) mass is 445 g/mol. The van der Waals surface area contributed by atoms with Crippen molar-refractivity contribution in [3.8, 4) is 0 Å². The molecule has 1 heterocycles. The maximum atomic E-state index is 12.7. The Kier molecular flexibility index (Phi) is 6.49. The number of nitrogens with zero attached hydrogens (tertiary/aromatic N) is 3. The highest BCUT2D eigenvalue weighted by molar-refractivity contribution is 6.04. The molecule has 2 N–H and O–H groups in total. The van der Waals surface area contributed by atoms with Crippen LogP contribution in [0.4, 0.5) is 27.5 Å².